The first-order valence-corrected chi connectivity index (χ1v) is 10.2. The van der Waals surface area contributed by atoms with Crippen molar-refractivity contribution in [2.75, 3.05) is 0 Å². The molecule has 0 saturated heterocycles. The lowest BCUT2D eigenvalue weighted by molar-refractivity contribution is -0.142. The van der Waals surface area contributed by atoms with Gasteiger partial charge in [-0.05, 0) is 24.1 Å². The molecule has 0 saturated carbocycles. The second kappa shape index (κ2) is 7.21. The molecule has 2 heterocycles. The van der Waals surface area contributed by atoms with Gasteiger partial charge in [-0.25, -0.2) is 28.0 Å². The molecule has 1 atom stereocenters. The van der Waals surface area contributed by atoms with Crippen molar-refractivity contribution in [3.63, 3.8) is 0 Å². The van der Waals surface area contributed by atoms with Gasteiger partial charge in [0.2, 0.25) is 4.34 Å². The van der Waals surface area contributed by atoms with E-state index in [1.807, 2.05) is 0 Å². The zero-order valence-corrected chi connectivity index (χ0v) is 16.1. The largest absolute Gasteiger partial charge is 0.487 e. The van der Waals surface area contributed by atoms with Crippen LogP contribution in [0.4, 0.5) is 0 Å². The summed E-state index contributed by atoms with van der Waals surface area (Å²) in [5.41, 5.74) is 0.972. The third-order valence-electron chi connectivity index (χ3n) is 3.70. The number of rotatable bonds is 7. The second-order valence-corrected chi connectivity index (χ2v) is 8.93. The van der Waals surface area contributed by atoms with E-state index >= 15 is 0 Å². The Balaban J connectivity index is 1.74. The zero-order valence-electron chi connectivity index (χ0n) is 14.4. The van der Waals surface area contributed by atoms with E-state index in [4.69, 9.17) is 9.88 Å². The highest BCUT2D eigenvalue weighted by Gasteiger charge is 2.25. The Morgan fingerprint density at radius 2 is 2.15 bits per heavy atom. The van der Waals surface area contributed by atoms with Crippen molar-refractivity contribution >= 4 is 37.5 Å². The molecule has 0 aliphatic carbocycles. The minimum atomic E-state index is -3.85. The van der Waals surface area contributed by atoms with E-state index in [-0.39, 0.29) is 16.9 Å². The molecule has 0 unspecified atom stereocenters. The number of fused-ring (bicyclic) bond motifs is 1. The number of thiazole rings is 1. The van der Waals surface area contributed by atoms with Crippen LogP contribution < -0.4 is 9.88 Å². The predicted molar refractivity (Wildman–Crippen MR) is 96.9 cm³/mol. The van der Waals surface area contributed by atoms with Crippen LogP contribution >= 0.6 is 11.3 Å². The molecule has 0 radical (unpaired) electrons. The lowest BCUT2D eigenvalue weighted by atomic mass is 10.1. The molecule has 1 aromatic carbocycles. The quantitative estimate of drug-likeness (QED) is 0.592. The summed E-state index contributed by atoms with van der Waals surface area (Å²) >= 11 is 0.953. The third kappa shape index (κ3) is 4.23. The van der Waals surface area contributed by atoms with Gasteiger partial charge < -0.3 is 9.84 Å². The minimum absolute atomic E-state index is 0.0801. The molecule has 3 aromatic rings. The highest BCUT2D eigenvalue weighted by Crippen LogP contribution is 2.28. The molecule has 12 heteroatoms. The average Bonchev–Trinajstić information content (AvgIpc) is 3.18. The number of nitrogens with zero attached hydrogens (tertiary/aromatic N) is 4. The maximum atomic E-state index is 11.4. The van der Waals surface area contributed by atoms with Crippen LogP contribution in [0, 0.1) is 5.92 Å². The number of ether oxygens (including phenoxy) is 1. The Labute approximate surface area is 158 Å². The number of carboxylic acid groups (broad SMARTS) is 1. The monoisotopic (exact) mass is 411 g/mol. The predicted octanol–water partition coefficient (Wildman–Crippen LogP) is 1.40. The molecule has 3 rings (SSSR count). The molecule has 0 spiro atoms. The number of hydrogen-bond acceptors (Lipinski definition) is 8. The number of aliphatic carboxylic acids is 1. The van der Waals surface area contributed by atoms with Gasteiger partial charge in [0.15, 0.2) is 6.04 Å². The highest BCUT2D eigenvalue weighted by atomic mass is 32.2. The maximum Gasteiger partial charge on any atom is 0.328 e. The fraction of sp³-hybridized carbons (Fsp3) is 0.333. The van der Waals surface area contributed by atoms with E-state index in [1.54, 1.807) is 32.0 Å². The Morgan fingerprint density at radius 3 is 2.78 bits per heavy atom. The Hall–Kier alpha value is -2.57. The standard InChI is InChI=1S/C15H17N5O5S2/c1-8(2)13(14(21)22)20-6-9(18-19-20)7-25-10-3-4-11-12(5-10)26-15(17-11)27(16,23)24/h3-6,8,13H,7H2,1-2H3,(H,21,22)(H2,16,23,24)/t13-/m0/s1. The summed E-state index contributed by atoms with van der Waals surface area (Å²) in [5, 5.41) is 22.2. The SMILES string of the molecule is CC(C)[C@@H](C(=O)O)n1cc(COc2ccc3nc(S(N)(=O)=O)sc3c2)nn1. The smallest absolute Gasteiger partial charge is 0.328 e. The number of benzene rings is 1. The fourth-order valence-electron chi connectivity index (χ4n) is 2.47. The van der Waals surface area contributed by atoms with Gasteiger partial charge in [0.1, 0.15) is 18.1 Å². The number of carbonyl (C=O) groups is 1. The van der Waals surface area contributed by atoms with Crippen LogP contribution in [0.25, 0.3) is 10.2 Å². The average molecular weight is 411 g/mol. The van der Waals surface area contributed by atoms with Crippen LogP contribution in [0.1, 0.15) is 25.6 Å². The van der Waals surface area contributed by atoms with Crippen LogP contribution in [0.3, 0.4) is 0 Å². The van der Waals surface area contributed by atoms with Crippen molar-refractivity contribution in [1.82, 2.24) is 20.0 Å². The first-order chi connectivity index (χ1) is 12.6. The molecular formula is C15H17N5O5S2. The Morgan fingerprint density at radius 1 is 1.41 bits per heavy atom. The van der Waals surface area contributed by atoms with E-state index in [2.05, 4.69) is 15.3 Å². The second-order valence-electron chi connectivity index (χ2n) is 6.16. The molecule has 0 aliphatic rings. The van der Waals surface area contributed by atoms with Gasteiger partial charge in [0, 0.05) is 0 Å². The first kappa shape index (κ1) is 19.2. The lowest BCUT2D eigenvalue weighted by Crippen LogP contribution is -2.24. The maximum absolute atomic E-state index is 11.4. The Bertz CT molecular complexity index is 1090. The molecule has 144 valence electrons. The molecule has 10 nitrogen and oxygen atoms in total. The van der Waals surface area contributed by atoms with E-state index in [1.165, 1.54) is 10.9 Å². The van der Waals surface area contributed by atoms with Crippen LogP contribution in [0.15, 0.2) is 28.7 Å². The van der Waals surface area contributed by atoms with Crippen LogP contribution in [-0.4, -0.2) is 39.5 Å². The molecule has 27 heavy (non-hydrogen) atoms. The van der Waals surface area contributed by atoms with Gasteiger partial charge in [-0.15, -0.1) is 16.4 Å². The van der Waals surface area contributed by atoms with Crippen molar-refractivity contribution in [2.24, 2.45) is 11.1 Å². The first-order valence-electron chi connectivity index (χ1n) is 7.85. The lowest BCUT2D eigenvalue weighted by Gasteiger charge is -2.15. The minimum Gasteiger partial charge on any atom is -0.487 e. The van der Waals surface area contributed by atoms with Crippen molar-refractivity contribution in [2.45, 2.75) is 30.8 Å². The molecule has 0 amide bonds. The van der Waals surface area contributed by atoms with Gasteiger partial charge in [-0.1, -0.05) is 19.1 Å². The topological polar surface area (TPSA) is 150 Å². The van der Waals surface area contributed by atoms with Crippen molar-refractivity contribution in [3.8, 4) is 5.75 Å². The summed E-state index contributed by atoms with van der Waals surface area (Å²) in [5.74, 6) is -0.649. The van der Waals surface area contributed by atoms with Crippen molar-refractivity contribution < 1.29 is 23.1 Å². The number of primary sulfonamides is 1. The summed E-state index contributed by atoms with van der Waals surface area (Å²) in [6.07, 6.45) is 1.53. The van der Waals surface area contributed by atoms with Crippen molar-refractivity contribution in [1.29, 1.82) is 0 Å². The van der Waals surface area contributed by atoms with E-state index in [9.17, 15) is 18.3 Å². The van der Waals surface area contributed by atoms with E-state index in [0.29, 0.717) is 21.7 Å². The molecular weight excluding hydrogens is 394 g/mol. The number of nitrogens with two attached hydrogens (primary N) is 1. The van der Waals surface area contributed by atoms with Crippen LogP contribution in [0.2, 0.25) is 0 Å². The van der Waals surface area contributed by atoms with Crippen LogP contribution in [-0.2, 0) is 21.4 Å². The van der Waals surface area contributed by atoms with Gasteiger partial charge in [-0.3, -0.25) is 0 Å². The van der Waals surface area contributed by atoms with Gasteiger partial charge in [-0.2, -0.15) is 0 Å². The number of sulfonamides is 1. The number of aromatic nitrogens is 4. The van der Waals surface area contributed by atoms with Crippen LogP contribution in [0.5, 0.6) is 5.75 Å². The summed E-state index contributed by atoms with van der Waals surface area (Å²) in [4.78, 5) is 15.3. The summed E-state index contributed by atoms with van der Waals surface area (Å²) in [6, 6.07) is 4.12. The number of hydrogen-bond donors (Lipinski definition) is 2. The fourth-order valence-corrected chi connectivity index (χ4v) is 4.16. The third-order valence-corrected chi connectivity index (χ3v) is 6.04. The zero-order chi connectivity index (χ0) is 19.8. The summed E-state index contributed by atoms with van der Waals surface area (Å²) in [7, 11) is -3.85. The normalized spacial score (nSPS) is 13.2. The summed E-state index contributed by atoms with van der Waals surface area (Å²) in [6.45, 7) is 3.66. The molecule has 0 aliphatic heterocycles. The van der Waals surface area contributed by atoms with E-state index in [0.717, 1.165) is 11.3 Å². The highest BCUT2D eigenvalue weighted by molar-refractivity contribution is 7.91. The molecule has 2 aromatic heterocycles. The van der Waals surface area contributed by atoms with Gasteiger partial charge in [0.25, 0.3) is 10.0 Å². The summed E-state index contributed by atoms with van der Waals surface area (Å²) < 4.78 is 30.2. The van der Waals surface area contributed by atoms with E-state index < -0.39 is 22.0 Å². The van der Waals surface area contributed by atoms with Gasteiger partial charge in [0.05, 0.1) is 16.4 Å². The molecule has 0 bridgehead atoms. The Kier molecular flexibility index (Phi) is 5.13. The van der Waals surface area contributed by atoms with Gasteiger partial charge >= 0.3 is 5.97 Å². The molecule has 0 fully saturated rings. The number of carboxylic acids is 1. The van der Waals surface area contributed by atoms with Crippen molar-refractivity contribution in [3.05, 3.63) is 30.1 Å². The molecule has 3 N–H and O–H groups in total.